The third-order valence-corrected chi connectivity index (χ3v) is 5.64. The zero-order valence-corrected chi connectivity index (χ0v) is 16.5. The number of fused-ring (bicyclic) bond motifs is 3. The number of amides is 2. The van der Waals surface area contributed by atoms with Crippen molar-refractivity contribution in [2.75, 3.05) is 13.1 Å². The fourth-order valence-corrected chi connectivity index (χ4v) is 4.10. The van der Waals surface area contributed by atoms with E-state index in [0.29, 0.717) is 18.7 Å². The van der Waals surface area contributed by atoms with Gasteiger partial charge in [-0.05, 0) is 42.0 Å². The number of hydrogen-bond acceptors (Lipinski definition) is 3. The molecule has 2 aromatic carbocycles. The fourth-order valence-electron chi connectivity index (χ4n) is 4.10. The van der Waals surface area contributed by atoms with Gasteiger partial charge in [0, 0.05) is 24.9 Å². The Morgan fingerprint density at radius 3 is 2.28 bits per heavy atom. The van der Waals surface area contributed by atoms with E-state index in [1.807, 2.05) is 36.4 Å². The number of nitrogens with zero attached hydrogens (tertiary/aromatic N) is 1. The Labute approximate surface area is 170 Å². The lowest BCUT2D eigenvalue weighted by atomic mass is 9.96. The standard InChI is InChI=1S/C24H24N2O3/c1-16-15-26(22(28)14-21(16)27)13-7-6-12-25-24(29)23-19-10-4-2-8-17(19)18-9-3-5-11-20(18)23/h2-5,8-11,15,23H,6-7,12-14H2,1H3,(H,25,29). The number of ketones is 1. The first-order valence-corrected chi connectivity index (χ1v) is 10.0. The van der Waals surface area contributed by atoms with E-state index in [1.165, 1.54) is 0 Å². The van der Waals surface area contributed by atoms with E-state index in [9.17, 15) is 14.4 Å². The third-order valence-electron chi connectivity index (χ3n) is 5.64. The van der Waals surface area contributed by atoms with Crippen LogP contribution in [0.5, 0.6) is 0 Å². The van der Waals surface area contributed by atoms with Crippen molar-refractivity contribution >= 4 is 17.6 Å². The Balaban J connectivity index is 1.33. The molecule has 148 valence electrons. The van der Waals surface area contributed by atoms with Crippen molar-refractivity contribution in [3.05, 3.63) is 71.4 Å². The molecular formula is C24H24N2O3. The number of carbonyl (C=O) groups excluding carboxylic acids is 3. The summed E-state index contributed by atoms with van der Waals surface area (Å²) in [6, 6.07) is 16.1. The third kappa shape index (κ3) is 3.73. The number of Topliss-reactive ketones (excluding diaryl/α,β-unsaturated/α-hetero) is 1. The zero-order valence-electron chi connectivity index (χ0n) is 16.5. The van der Waals surface area contributed by atoms with Crippen molar-refractivity contribution in [3.8, 4) is 11.1 Å². The van der Waals surface area contributed by atoms with Gasteiger partial charge in [0.15, 0.2) is 5.78 Å². The minimum atomic E-state index is -0.275. The van der Waals surface area contributed by atoms with Crippen molar-refractivity contribution in [2.24, 2.45) is 0 Å². The summed E-state index contributed by atoms with van der Waals surface area (Å²) in [7, 11) is 0. The highest BCUT2D eigenvalue weighted by atomic mass is 16.2. The second-order valence-corrected chi connectivity index (χ2v) is 7.60. The van der Waals surface area contributed by atoms with Gasteiger partial charge in [0.05, 0.1) is 12.3 Å². The molecule has 2 aromatic rings. The minimum absolute atomic E-state index is 0.0118. The summed E-state index contributed by atoms with van der Waals surface area (Å²) >= 11 is 0. The fraction of sp³-hybridized carbons (Fsp3) is 0.292. The van der Waals surface area contributed by atoms with E-state index in [2.05, 4.69) is 17.4 Å². The van der Waals surface area contributed by atoms with Crippen LogP contribution in [0.25, 0.3) is 11.1 Å². The van der Waals surface area contributed by atoms with E-state index in [0.717, 1.165) is 35.1 Å². The molecule has 0 spiro atoms. The van der Waals surface area contributed by atoms with Crippen LogP contribution in [0.4, 0.5) is 0 Å². The summed E-state index contributed by atoms with van der Waals surface area (Å²) in [5, 5.41) is 3.06. The van der Waals surface area contributed by atoms with E-state index in [1.54, 1.807) is 18.0 Å². The first-order valence-electron chi connectivity index (χ1n) is 10.0. The first-order chi connectivity index (χ1) is 14.1. The van der Waals surface area contributed by atoms with Crippen LogP contribution in [0.1, 0.15) is 43.2 Å². The molecule has 5 heteroatoms. The highest BCUT2D eigenvalue weighted by molar-refractivity contribution is 6.09. The molecule has 0 aromatic heterocycles. The monoisotopic (exact) mass is 388 g/mol. The van der Waals surface area contributed by atoms with Crippen LogP contribution >= 0.6 is 0 Å². The van der Waals surface area contributed by atoms with E-state index in [-0.39, 0.29) is 29.9 Å². The maximum Gasteiger partial charge on any atom is 0.234 e. The molecule has 1 heterocycles. The molecule has 0 saturated heterocycles. The van der Waals surface area contributed by atoms with Gasteiger partial charge in [-0.2, -0.15) is 0 Å². The van der Waals surface area contributed by atoms with Crippen LogP contribution < -0.4 is 5.32 Å². The molecule has 0 unspecified atom stereocenters. The average Bonchev–Trinajstić information content (AvgIpc) is 3.06. The molecule has 29 heavy (non-hydrogen) atoms. The lowest BCUT2D eigenvalue weighted by molar-refractivity contribution is -0.133. The quantitative estimate of drug-likeness (QED) is 0.609. The van der Waals surface area contributed by atoms with Crippen molar-refractivity contribution in [1.29, 1.82) is 0 Å². The maximum absolute atomic E-state index is 12.9. The smallest absolute Gasteiger partial charge is 0.234 e. The number of nitrogens with one attached hydrogen (secondary N) is 1. The summed E-state index contributed by atoms with van der Waals surface area (Å²) in [5.41, 5.74) is 4.98. The van der Waals surface area contributed by atoms with Crippen LogP contribution in [0, 0.1) is 0 Å². The number of rotatable bonds is 6. The normalized spacial score (nSPS) is 15.8. The Morgan fingerprint density at radius 1 is 1.00 bits per heavy atom. The highest BCUT2D eigenvalue weighted by Gasteiger charge is 2.33. The first kappa shape index (κ1) is 19.1. The Kier molecular flexibility index (Phi) is 5.30. The summed E-state index contributed by atoms with van der Waals surface area (Å²) in [6.07, 6.45) is 3.13. The van der Waals surface area contributed by atoms with Gasteiger partial charge in [-0.3, -0.25) is 14.4 Å². The van der Waals surface area contributed by atoms with Gasteiger partial charge in [-0.15, -0.1) is 0 Å². The van der Waals surface area contributed by atoms with Gasteiger partial charge in [0.2, 0.25) is 11.8 Å². The summed E-state index contributed by atoms with van der Waals surface area (Å²) in [5.74, 6) is -0.514. The lowest BCUT2D eigenvalue weighted by Gasteiger charge is -2.23. The van der Waals surface area contributed by atoms with Crippen molar-refractivity contribution in [2.45, 2.75) is 32.1 Å². The molecule has 2 aliphatic rings. The van der Waals surface area contributed by atoms with Crippen molar-refractivity contribution in [3.63, 3.8) is 0 Å². The van der Waals surface area contributed by atoms with Gasteiger partial charge in [-0.1, -0.05) is 48.5 Å². The van der Waals surface area contributed by atoms with Crippen LogP contribution in [0.15, 0.2) is 60.3 Å². The molecule has 0 fully saturated rings. The van der Waals surface area contributed by atoms with Crippen LogP contribution in [-0.4, -0.2) is 35.6 Å². The topological polar surface area (TPSA) is 66.5 Å². The minimum Gasteiger partial charge on any atom is -0.355 e. The SMILES string of the molecule is CC1=CN(CCCCNC(=O)C2c3ccccc3-c3ccccc32)C(=O)CC1=O. The second-order valence-electron chi connectivity index (χ2n) is 7.60. The summed E-state index contributed by atoms with van der Waals surface area (Å²) < 4.78 is 0. The Bertz CT molecular complexity index is 963. The van der Waals surface area contributed by atoms with Crippen LogP contribution in [-0.2, 0) is 14.4 Å². The molecule has 4 rings (SSSR count). The molecule has 1 aliphatic carbocycles. The maximum atomic E-state index is 12.9. The molecule has 0 radical (unpaired) electrons. The Morgan fingerprint density at radius 2 is 1.62 bits per heavy atom. The predicted octanol–water partition coefficient (Wildman–Crippen LogP) is 3.40. The summed E-state index contributed by atoms with van der Waals surface area (Å²) in [4.78, 5) is 38.0. The number of benzene rings is 2. The molecule has 0 saturated carbocycles. The van der Waals surface area contributed by atoms with Gasteiger partial charge in [0.25, 0.3) is 0 Å². The molecule has 0 bridgehead atoms. The van der Waals surface area contributed by atoms with Crippen LogP contribution in [0.2, 0.25) is 0 Å². The molecule has 2 amide bonds. The molecular weight excluding hydrogens is 364 g/mol. The number of hydrogen-bond donors (Lipinski definition) is 1. The van der Waals surface area contributed by atoms with Crippen LogP contribution in [0.3, 0.4) is 0 Å². The van der Waals surface area contributed by atoms with Gasteiger partial charge in [0.1, 0.15) is 0 Å². The second kappa shape index (κ2) is 8.03. The number of unbranched alkanes of at least 4 members (excludes halogenated alkanes) is 1. The van der Waals surface area contributed by atoms with Gasteiger partial charge in [-0.25, -0.2) is 0 Å². The lowest BCUT2D eigenvalue weighted by Crippen LogP contribution is -2.34. The highest BCUT2D eigenvalue weighted by Crippen LogP contribution is 2.44. The van der Waals surface area contributed by atoms with Gasteiger partial charge >= 0.3 is 0 Å². The van der Waals surface area contributed by atoms with Crippen molar-refractivity contribution < 1.29 is 14.4 Å². The average molecular weight is 388 g/mol. The van der Waals surface area contributed by atoms with E-state index < -0.39 is 0 Å². The molecule has 1 aliphatic heterocycles. The Hall–Kier alpha value is -3.21. The zero-order chi connectivity index (χ0) is 20.4. The molecule has 5 nitrogen and oxygen atoms in total. The van der Waals surface area contributed by atoms with E-state index in [4.69, 9.17) is 0 Å². The van der Waals surface area contributed by atoms with Gasteiger partial charge < -0.3 is 10.2 Å². The largest absolute Gasteiger partial charge is 0.355 e. The molecule has 0 atom stereocenters. The van der Waals surface area contributed by atoms with Crippen molar-refractivity contribution in [1.82, 2.24) is 10.2 Å². The number of allylic oxidation sites excluding steroid dienone is 1. The predicted molar refractivity (Wildman–Crippen MR) is 111 cm³/mol. The number of carbonyl (C=O) groups is 3. The molecule has 1 N–H and O–H groups in total. The summed E-state index contributed by atoms with van der Waals surface area (Å²) in [6.45, 7) is 2.86. The van der Waals surface area contributed by atoms with E-state index >= 15 is 0 Å².